The van der Waals surface area contributed by atoms with Crippen molar-refractivity contribution in [1.82, 2.24) is 9.47 Å². The van der Waals surface area contributed by atoms with Crippen LogP contribution >= 0.6 is 12.2 Å². The first kappa shape index (κ1) is 21.8. The molecule has 0 saturated heterocycles. The molecule has 1 aliphatic heterocycles. The molecule has 4 rings (SSSR count). The highest BCUT2D eigenvalue weighted by atomic mass is 32.1. The SMILES string of the molecule is COc1cccc(NC(=S)N2CCn3cccc3[C@H]2c2cc(OC)c(OC)c(OC)c2)c1. The van der Waals surface area contributed by atoms with Crippen molar-refractivity contribution in [2.75, 3.05) is 40.3 Å². The maximum absolute atomic E-state index is 5.86. The predicted octanol–water partition coefficient (Wildman–Crippen LogP) is 4.32. The summed E-state index contributed by atoms with van der Waals surface area (Å²) in [6.07, 6.45) is 2.09. The van der Waals surface area contributed by atoms with Gasteiger partial charge in [-0.3, -0.25) is 0 Å². The van der Waals surface area contributed by atoms with Gasteiger partial charge in [-0.2, -0.15) is 0 Å². The van der Waals surface area contributed by atoms with Crippen molar-refractivity contribution in [3.8, 4) is 23.0 Å². The Labute approximate surface area is 193 Å². The third-order valence-corrected chi connectivity index (χ3v) is 5.96. The topological polar surface area (TPSA) is 57.1 Å². The Bertz CT molecular complexity index is 1090. The molecule has 168 valence electrons. The second-order valence-corrected chi connectivity index (χ2v) is 7.73. The number of methoxy groups -OCH3 is 4. The first-order valence-electron chi connectivity index (χ1n) is 10.3. The molecule has 1 aliphatic rings. The van der Waals surface area contributed by atoms with Gasteiger partial charge < -0.3 is 33.7 Å². The Morgan fingerprint density at radius 1 is 0.906 bits per heavy atom. The third kappa shape index (κ3) is 4.05. The van der Waals surface area contributed by atoms with Gasteiger partial charge in [-0.1, -0.05) is 6.07 Å². The largest absolute Gasteiger partial charge is 0.497 e. The minimum atomic E-state index is -0.127. The van der Waals surface area contributed by atoms with Crippen molar-refractivity contribution in [2.24, 2.45) is 0 Å². The van der Waals surface area contributed by atoms with Gasteiger partial charge in [-0.05, 0) is 54.2 Å². The zero-order valence-corrected chi connectivity index (χ0v) is 19.4. The lowest BCUT2D eigenvalue weighted by Crippen LogP contribution is -2.44. The second-order valence-electron chi connectivity index (χ2n) is 7.34. The molecule has 1 atom stereocenters. The molecule has 0 spiro atoms. The fraction of sp³-hybridized carbons (Fsp3) is 0.292. The van der Waals surface area contributed by atoms with E-state index in [4.69, 9.17) is 31.2 Å². The number of ether oxygens (including phenoxy) is 4. The molecule has 3 aromatic rings. The summed E-state index contributed by atoms with van der Waals surface area (Å²) in [7, 11) is 6.50. The number of nitrogens with one attached hydrogen (secondary N) is 1. The standard InChI is InChI=1S/C24H27N3O4S/c1-28-18-8-5-7-17(15-18)25-24(32)27-12-11-26-10-6-9-19(26)22(27)16-13-20(29-2)23(31-4)21(14-16)30-3/h5-10,13-15,22H,11-12H2,1-4H3,(H,25,32)/t22-/m1/s1. The number of hydrogen-bond acceptors (Lipinski definition) is 5. The Balaban J connectivity index is 1.74. The third-order valence-electron chi connectivity index (χ3n) is 5.62. The Morgan fingerprint density at radius 2 is 1.66 bits per heavy atom. The quantitative estimate of drug-likeness (QED) is 0.558. The molecule has 2 aromatic carbocycles. The van der Waals surface area contributed by atoms with Crippen LogP contribution in [-0.4, -0.2) is 49.6 Å². The maximum Gasteiger partial charge on any atom is 0.203 e. The van der Waals surface area contributed by atoms with Gasteiger partial charge in [-0.15, -0.1) is 0 Å². The maximum atomic E-state index is 5.86. The summed E-state index contributed by atoms with van der Waals surface area (Å²) < 4.78 is 24.3. The molecule has 0 radical (unpaired) electrons. The van der Waals surface area contributed by atoms with Gasteiger partial charge in [0.2, 0.25) is 5.75 Å². The summed E-state index contributed by atoms with van der Waals surface area (Å²) >= 11 is 5.86. The minimum absolute atomic E-state index is 0.127. The van der Waals surface area contributed by atoms with Crippen LogP contribution in [0.3, 0.4) is 0 Å². The van der Waals surface area contributed by atoms with E-state index in [0.717, 1.165) is 35.8 Å². The van der Waals surface area contributed by atoms with E-state index in [0.29, 0.717) is 22.4 Å². The average molecular weight is 454 g/mol. The van der Waals surface area contributed by atoms with Crippen LogP contribution in [0.25, 0.3) is 0 Å². The lowest BCUT2D eigenvalue weighted by Gasteiger charge is -2.39. The van der Waals surface area contributed by atoms with Crippen molar-refractivity contribution >= 4 is 23.0 Å². The number of benzene rings is 2. The molecular formula is C24H27N3O4S. The van der Waals surface area contributed by atoms with Crippen LogP contribution in [0.1, 0.15) is 17.3 Å². The number of fused-ring (bicyclic) bond motifs is 1. The zero-order valence-electron chi connectivity index (χ0n) is 18.6. The van der Waals surface area contributed by atoms with E-state index in [1.165, 1.54) is 0 Å². The first-order chi connectivity index (χ1) is 15.6. The summed E-state index contributed by atoms with van der Waals surface area (Å²) in [4.78, 5) is 2.19. The van der Waals surface area contributed by atoms with E-state index in [1.807, 2.05) is 36.4 Å². The van der Waals surface area contributed by atoms with Crippen LogP contribution in [0.15, 0.2) is 54.7 Å². The lowest BCUT2D eigenvalue weighted by molar-refractivity contribution is 0.288. The van der Waals surface area contributed by atoms with Crippen molar-refractivity contribution in [3.63, 3.8) is 0 Å². The van der Waals surface area contributed by atoms with E-state index in [1.54, 1.807) is 28.4 Å². The monoisotopic (exact) mass is 453 g/mol. The van der Waals surface area contributed by atoms with E-state index >= 15 is 0 Å². The zero-order chi connectivity index (χ0) is 22.7. The van der Waals surface area contributed by atoms with Gasteiger partial charge in [-0.25, -0.2) is 0 Å². The van der Waals surface area contributed by atoms with Crippen LogP contribution in [0.4, 0.5) is 5.69 Å². The van der Waals surface area contributed by atoms with Crippen LogP contribution in [0.2, 0.25) is 0 Å². The molecule has 1 N–H and O–H groups in total. The van der Waals surface area contributed by atoms with Crippen molar-refractivity contribution < 1.29 is 18.9 Å². The summed E-state index contributed by atoms with van der Waals surface area (Å²) in [5.74, 6) is 2.55. The number of aromatic nitrogens is 1. The molecule has 0 amide bonds. The smallest absolute Gasteiger partial charge is 0.203 e. The van der Waals surface area contributed by atoms with Gasteiger partial charge >= 0.3 is 0 Å². The lowest BCUT2D eigenvalue weighted by atomic mass is 9.99. The van der Waals surface area contributed by atoms with Crippen molar-refractivity contribution in [1.29, 1.82) is 0 Å². The van der Waals surface area contributed by atoms with E-state index < -0.39 is 0 Å². The summed E-state index contributed by atoms with van der Waals surface area (Å²) in [6.45, 7) is 1.59. The molecule has 7 nitrogen and oxygen atoms in total. The van der Waals surface area contributed by atoms with Gasteiger partial charge in [0.15, 0.2) is 16.6 Å². The molecule has 0 unspecified atom stereocenters. The molecule has 0 aliphatic carbocycles. The Hall–Kier alpha value is -3.39. The Morgan fingerprint density at radius 3 is 2.31 bits per heavy atom. The molecule has 1 aromatic heterocycles. The summed E-state index contributed by atoms with van der Waals surface area (Å²) in [5.41, 5.74) is 3.01. The minimum Gasteiger partial charge on any atom is -0.497 e. The second kappa shape index (κ2) is 9.40. The number of rotatable bonds is 6. The fourth-order valence-electron chi connectivity index (χ4n) is 4.11. The molecule has 8 heteroatoms. The Kier molecular flexibility index (Phi) is 6.41. The van der Waals surface area contributed by atoms with E-state index in [-0.39, 0.29) is 6.04 Å². The fourth-order valence-corrected chi connectivity index (χ4v) is 4.42. The van der Waals surface area contributed by atoms with Crippen molar-refractivity contribution in [3.05, 3.63) is 66.0 Å². The van der Waals surface area contributed by atoms with Crippen LogP contribution in [0.5, 0.6) is 23.0 Å². The van der Waals surface area contributed by atoms with Crippen LogP contribution in [-0.2, 0) is 6.54 Å². The number of nitrogens with zero attached hydrogens (tertiary/aromatic N) is 2. The van der Waals surface area contributed by atoms with Crippen LogP contribution in [0, 0.1) is 0 Å². The number of thiocarbonyl (C=S) groups is 1. The number of anilines is 1. The molecule has 2 heterocycles. The predicted molar refractivity (Wildman–Crippen MR) is 128 cm³/mol. The molecule has 0 fully saturated rings. The molecule has 32 heavy (non-hydrogen) atoms. The van der Waals surface area contributed by atoms with Gasteiger partial charge in [0.05, 0.1) is 34.5 Å². The molecule has 0 saturated carbocycles. The normalized spacial score (nSPS) is 15.0. The van der Waals surface area contributed by atoms with E-state index in [2.05, 4.69) is 33.1 Å². The van der Waals surface area contributed by atoms with Crippen LogP contribution < -0.4 is 24.3 Å². The van der Waals surface area contributed by atoms with Gasteiger partial charge in [0.1, 0.15) is 5.75 Å². The first-order valence-corrected chi connectivity index (χ1v) is 10.7. The molecular weight excluding hydrogens is 426 g/mol. The van der Waals surface area contributed by atoms with Gasteiger partial charge in [0.25, 0.3) is 0 Å². The summed E-state index contributed by atoms with van der Waals surface area (Å²) in [6, 6.07) is 15.7. The highest BCUT2D eigenvalue weighted by molar-refractivity contribution is 7.80. The number of hydrogen-bond donors (Lipinski definition) is 1. The van der Waals surface area contributed by atoms with E-state index in [9.17, 15) is 0 Å². The highest BCUT2D eigenvalue weighted by Gasteiger charge is 2.32. The molecule has 0 bridgehead atoms. The van der Waals surface area contributed by atoms with Crippen molar-refractivity contribution in [2.45, 2.75) is 12.6 Å². The van der Waals surface area contributed by atoms with Gasteiger partial charge in [0, 0.05) is 36.7 Å². The summed E-state index contributed by atoms with van der Waals surface area (Å²) in [5, 5.41) is 4.00. The highest BCUT2D eigenvalue weighted by Crippen LogP contribution is 2.43. The average Bonchev–Trinajstić information content (AvgIpc) is 3.31.